The van der Waals surface area contributed by atoms with Crippen molar-refractivity contribution in [1.29, 1.82) is 0 Å². The van der Waals surface area contributed by atoms with Gasteiger partial charge in [-0.3, -0.25) is 4.79 Å². The first-order chi connectivity index (χ1) is 14.0. The highest BCUT2D eigenvalue weighted by molar-refractivity contribution is 7.99. The Morgan fingerprint density at radius 1 is 1.24 bits per heavy atom. The molecule has 0 atom stereocenters. The summed E-state index contributed by atoms with van der Waals surface area (Å²) in [6, 6.07) is 6.81. The molecule has 0 saturated carbocycles. The summed E-state index contributed by atoms with van der Waals surface area (Å²) in [5.74, 6) is 2.05. The Morgan fingerprint density at radius 2 is 2.00 bits per heavy atom. The molecule has 29 heavy (non-hydrogen) atoms. The summed E-state index contributed by atoms with van der Waals surface area (Å²) in [4.78, 5) is 21.6. The molecule has 1 aromatic carbocycles. The van der Waals surface area contributed by atoms with Crippen LogP contribution in [0, 0.1) is 5.92 Å². The van der Waals surface area contributed by atoms with Crippen LogP contribution in [0.4, 0.5) is 5.82 Å². The average Bonchev–Trinajstić information content (AvgIpc) is 3.10. The second-order valence-electron chi connectivity index (χ2n) is 6.93. The molecule has 0 fully saturated rings. The average molecular weight is 433 g/mol. The van der Waals surface area contributed by atoms with Gasteiger partial charge in [-0.2, -0.15) is 5.10 Å². The fourth-order valence-electron chi connectivity index (χ4n) is 2.71. The third kappa shape index (κ3) is 5.61. The standard InChI is InChI=1S/C20H25ClN6OS/c1-4-29-20-25-17(23-11-13(2)3)16-12-24-27(18(16)26-20)10-9-22-19(28)14-5-7-15(21)8-6-14/h5-8,12-13H,4,9-11H2,1-3H3,(H,22,28)(H,23,25,26). The van der Waals surface area contributed by atoms with Crippen LogP contribution < -0.4 is 10.6 Å². The smallest absolute Gasteiger partial charge is 0.251 e. The van der Waals surface area contributed by atoms with E-state index in [1.54, 1.807) is 46.9 Å². The topological polar surface area (TPSA) is 84.7 Å². The van der Waals surface area contributed by atoms with E-state index in [1.165, 1.54) is 0 Å². The van der Waals surface area contributed by atoms with E-state index in [-0.39, 0.29) is 5.91 Å². The molecule has 9 heteroatoms. The van der Waals surface area contributed by atoms with Crippen LogP contribution in [0.15, 0.2) is 35.6 Å². The minimum absolute atomic E-state index is 0.144. The predicted molar refractivity (Wildman–Crippen MR) is 119 cm³/mol. The highest BCUT2D eigenvalue weighted by atomic mass is 35.5. The maximum absolute atomic E-state index is 12.3. The molecule has 2 N–H and O–H groups in total. The number of carbonyl (C=O) groups excluding carboxylic acids is 1. The number of thioether (sulfide) groups is 1. The molecule has 0 aliphatic heterocycles. The van der Waals surface area contributed by atoms with Gasteiger partial charge >= 0.3 is 0 Å². The van der Waals surface area contributed by atoms with E-state index in [4.69, 9.17) is 11.6 Å². The van der Waals surface area contributed by atoms with Gasteiger partial charge in [0.1, 0.15) is 5.82 Å². The summed E-state index contributed by atoms with van der Waals surface area (Å²) in [7, 11) is 0. The van der Waals surface area contributed by atoms with Gasteiger partial charge in [0, 0.05) is 23.7 Å². The molecule has 2 aromatic heterocycles. The Bertz CT molecular complexity index is 973. The van der Waals surface area contributed by atoms with Crippen LogP contribution in [0.5, 0.6) is 0 Å². The van der Waals surface area contributed by atoms with Crippen LogP contribution in [-0.2, 0) is 6.54 Å². The van der Waals surface area contributed by atoms with E-state index in [9.17, 15) is 4.79 Å². The van der Waals surface area contributed by atoms with E-state index in [2.05, 4.69) is 46.5 Å². The van der Waals surface area contributed by atoms with Crippen LogP contribution in [0.2, 0.25) is 5.02 Å². The Labute approximate surface area is 179 Å². The fraction of sp³-hybridized carbons (Fsp3) is 0.400. The van der Waals surface area contributed by atoms with Crippen molar-refractivity contribution in [3.8, 4) is 0 Å². The minimum atomic E-state index is -0.144. The largest absolute Gasteiger partial charge is 0.369 e. The van der Waals surface area contributed by atoms with Crippen molar-refractivity contribution >= 4 is 46.1 Å². The van der Waals surface area contributed by atoms with E-state index < -0.39 is 0 Å². The number of carbonyl (C=O) groups is 1. The van der Waals surface area contributed by atoms with Crippen LogP contribution in [-0.4, -0.2) is 44.5 Å². The number of fused-ring (bicyclic) bond motifs is 1. The first kappa shape index (κ1) is 21.4. The molecule has 0 aliphatic carbocycles. The van der Waals surface area contributed by atoms with Gasteiger partial charge in [-0.1, -0.05) is 44.1 Å². The van der Waals surface area contributed by atoms with Crippen molar-refractivity contribution in [3.63, 3.8) is 0 Å². The van der Waals surface area contributed by atoms with Gasteiger partial charge < -0.3 is 10.6 Å². The molecule has 3 rings (SSSR count). The molecule has 0 unspecified atom stereocenters. The molecule has 0 saturated heterocycles. The molecular formula is C20H25ClN6OS. The van der Waals surface area contributed by atoms with Crippen molar-refractivity contribution in [1.82, 2.24) is 25.1 Å². The molecule has 0 radical (unpaired) electrons. The maximum atomic E-state index is 12.3. The van der Waals surface area contributed by atoms with E-state index in [1.807, 2.05) is 0 Å². The summed E-state index contributed by atoms with van der Waals surface area (Å²) in [6.07, 6.45) is 1.78. The molecule has 0 spiro atoms. The van der Waals surface area contributed by atoms with Crippen molar-refractivity contribution in [2.24, 2.45) is 5.92 Å². The number of nitrogens with one attached hydrogen (secondary N) is 2. The molecule has 154 valence electrons. The molecule has 0 bridgehead atoms. The summed E-state index contributed by atoms with van der Waals surface area (Å²) in [5.41, 5.74) is 1.34. The highest BCUT2D eigenvalue weighted by Crippen LogP contribution is 2.24. The molecule has 1 amide bonds. The van der Waals surface area contributed by atoms with E-state index >= 15 is 0 Å². The fourth-order valence-corrected chi connectivity index (χ4v) is 3.40. The monoisotopic (exact) mass is 432 g/mol. The quantitative estimate of drug-likeness (QED) is 0.391. The summed E-state index contributed by atoms with van der Waals surface area (Å²) in [6.45, 7) is 8.15. The highest BCUT2D eigenvalue weighted by Gasteiger charge is 2.14. The zero-order chi connectivity index (χ0) is 20.8. The third-order valence-corrected chi connectivity index (χ3v) is 5.12. The van der Waals surface area contributed by atoms with Crippen LogP contribution >= 0.6 is 23.4 Å². The number of hydrogen-bond donors (Lipinski definition) is 2. The molecule has 0 aliphatic rings. The summed E-state index contributed by atoms with van der Waals surface area (Å²) >= 11 is 7.46. The maximum Gasteiger partial charge on any atom is 0.251 e. The number of aromatic nitrogens is 4. The Hall–Kier alpha value is -2.32. The first-order valence-corrected chi connectivity index (χ1v) is 11.0. The SMILES string of the molecule is CCSc1nc(NCC(C)C)c2cnn(CCNC(=O)c3ccc(Cl)cc3)c2n1. The van der Waals surface area contributed by atoms with Crippen LogP contribution in [0.1, 0.15) is 31.1 Å². The van der Waals surface area contributed by atoms with E-state index in [0.29, 0.717) is 29.6 Å². The number of anilines is 1. The number of amides is 1. The van der Waals surface area contributed by atoms with Gasteiger partial charge in [0.25, 0.3) is 5.91 Å². The van der Waals surface area contributed by atoms with Gasteiger partial charge in [0.2, 0.25) is 0 Å². The normalized spacial score (nSPS) is 11.2. The molecule has 3 aromatic rings. The number of halogens is 1. The van der Waals surface area contributed by atoms with Crippen molar-refractivity contribution < 1.29 is 4.79 Å². The Balaban J connectivity index is 1.73. The zero-order valence-electron chi connectivity index (χ0n) is 16.8. The van der Waals surface area contributed by atoms with Crippen molar-refractivity contribution in [3.05, 3.63) is 41.0 Å². The second kappa shape index (κ2) is 9.93. The van der Waals surface area contributed by atoms with Gasteiger partial charge in [0.05, 0.1) is 18.1 Å². The Morgan fingerprint density at radius 3 is 2.69 bits per heavy atom. The van der Waals surface area contributed by atoms with Gasteiger partial charge in [-0.25, -0.2) is 14.6 Å². The second-order valence-corrected chi connectivity index (χ2v) is 8.60. The molecule has 2 heterocycles. The zero-order valence-corrected chi connectivity index (χ0v) is 18.3. The van der Waals surface area contributed by atoms with Crippen LogP contribution in [0.25, 0.3) is 11.0 Å². The van der Waals surface area contributed by atoms with Gasteiger partial charge in [-0.05, 0) is 35.9 Å². The number of hydrogen-bond acceptors (Lipinski definition) is 6. The van der Waals surface area contributed by atoms with Gasteiger partial charge in [0.15, 0.2) is 10.8 Å². The summed E-state index contributed by atoms with van der Waals surface area (Å²) in [5, 5.41) is 13.0. The Kier molecular flexibility index (Phi) is 7.33. The lowest BCUT2D eigenvalue weighted by Gasteiger charge is -2.11. The van der Waals surface area contributed by atoms with Crippen LogP contribution in [0.3, 0.4) is 0 Å². The van der Waals surface area contributed by atoms with Crippen molar-refractivity contribution in [2.45, 2.75) is 32.5 Å². The number of benzene rings is 1. The lowest BCUT2D eigenvalue weighted by Crippen LogP contribution is -2.27. The predicted octanol–water partition coefficient (Wildman–Crippen LogP) is 4.09. The first-order valence-electron chi connectivity index (χ1n) is 9.62. The van der Waals surface area contributed by atoms with Gasteiger partial charge in [-0.15, -0.1) is 0 Å². The third-order valence-electron chi connectivity index (χ3n) is 4.14. The lowest BCUT2D eigenvalue weighted by atomic mass is 10.2. The number of nitrogens with zero attached hydrogens (tertiary/aromatic N) is 4. The molecule has 7 nitrogen and oxygen atoms in total. The van der Waals surface area contributed by atoms with Crippen molar-refractivity contribution in [2.75, 3.05) is 24.2 Å². The summed E-state index contributed by atoms with van der Waals surface area (Å²) < 4.78 is 1.80. The minimum Gasteiger partial charge on any atom is -0.369 e. The number of rotatable bonds is 9. The van der Waals surface area contributed by atoms with E-state index in [0.717, 1.165) is 34.3 Å². The molecular weight excluding hydrogens is 408 g/mol. The lowest BCUT2D eigenvalue weighted by molar-refractivity contribution is 0.0952.